The number of carbonyl (C=O) groups is 1. The van der Waals surface area contributed by atoms with E-state index >= 15 is 0 Å². The van der Waals surface area contributed by atoms with E-state index in [1.807, 2.05) is 0 Å². The Labute approximate surface area is 121 Å². The second-order valence-electron chi connectivity index (χ2n) is 4.82. The summed E-state index contributed by atoms with van der Waals surface area (Å²) in [6.45, 7) is 3.75. The van der Waals surface area contributed by atoms with Gasteiger partial charge in [0.1, 0.15) is 5.75 Å². The van der Waals surface area contributed by atoms with Gasteiger partial charge in [0.25, 0.3) is 5.91 Å². The Morgan fingerprint density at radius 2 is 2.05 bits per heavy atom. The summed E-state index contributed by atoms with van der Waals surface area (Å²) in [5.74, 6) is -0.216. The molecule has 0 spiro atoms. The molecule has 1 heterocycles. The molecular formula is C14H19BrN2O2. The van der Waals surface area contributed by atoms with Gasteiger partial charge in [0, 0.05) is 17.6 Å². The molecule has 1 saturated heterocycles. The average molecular weight is 327 g/mol. The van der Waals surface area contributed by atoms with Crippen LogP contribution in [0.3, 0.4) is 0 Å². The standard InChI is InChI=1S/C14H19BrN2O2/c15-11-4-5-12(13(18)10-11)14(19)16-6-9-17-7-2-1-3-8-17/h4-5,10,18H,1-3,6-9H2,(H,16,19). The van der Waals surface area contributed by atoms with E-state index in [0.717, 1.165) is 24.1 Å². The molecule has 1 amide bonds. The monoisotopic (exact) mass is 326 g/mol. The van der Waals surface area contributed by atoms with Gasteiger partial charge in [-0.05, 0) is 44.1 Å². The van der Waals surface area contributed by atoms with Crippen molar-refractivity contribution in [3.05, 3.63) is 28.2 Å². The van der Waals surface area contributed by atoms with Gasteiger partial charge in [0.15, 0.2) is 0 Å². The molecule has 2 rings (SSSR count). The number of halogens is 1. The maximum atomic E-state index is 11.9. The van der Waals surface area contributed by atoms with Gasteiger partial charge < -0.3 is 15.3 Å². The van der Waals surface area contributed by atoms with E-state index in [4.69, 9.17) is 0 Å². The fourth-order valence-corrected chi connectivity index (χ4v) is 2.65. The summed E-state index contributed by atoms with van der Waals surface area (Å²) in [7, 11) is 0. The highest BCUT2D eigenvalue weighted by Crippen LogP contribution is 2.21. The van der Waals surface area contributed by atoms with Gasteiger partial charge in [-0.1, -0.05) is 22.4 Å². The molecule has 5 heteroatoms. The first-order valence-electron chi connectivity index (χ1n) is 6.66. The predicted octanol–water partition coefficient (Wildman–Crippen LogP) is 2.37. The minimum absolute atomic E-state index is 0.00449. The highest BCUT2D eigenvalue weighted by atomic mass is 79.9. The van der Waals surface area contributed by atoms with Crippen molar-refractivity contribution in [2.24, 2.45) is 0 Å². The summed E-state index contributed by atoms with van der Waals surface area (Å²) in [6, 6.07) is 4.90. The molecule has 1 aliphatic rings. The molecule has 0 unspecified atom stereocenters. The summed E-state index contributed by atoms with van der Waals surface area (Å²) >= 11 is 3.25. The maximum Gasteiger partial charge on any atom is 0.255 e. The molecule has 104 valence electrons. The summed E-state index contributed by atoms with van der Waals surface area (Å²) in [4.78, 5) is 14.3. The van der Waals surface area contributed by atoms with Crippen LogP contribution in [0.2, 0.25) is 0 Å². The molecule has 0 aliphatic carbocycles. The van der Waals surface area contributed by atoms with Crippen molar-refractivity contribution in [1.29, 1.82) is 0 Å². The van der Waals surface area contributed by atoms with Crippen molar-refractivity contribution >= 4 is 21.8 Å². The van der Waals surface area contributed by atoms with Crippen LogP contribution in [0.25, 0.3) is 0 Å². The summed E-state index contributed by atoms with van der Waals surface area (Å²) in [6.07, 6.45) is 3.82. The van der Waals surface area contributed by atoms with Gasteiger partial charge >= 0.3 is 0 Å². The van der Waals surface area contributed by atoms with Gasteiger partial charge in [-0.25, -0.2) is 0 Å². The molecule has 1 aromatic rings. The number of phenols is 1. The van der Waals surface area contributed by atoms with Crippen molar-refractivity contribution < 1.29 is 9.90 Å². The van der Waals surface area contributed by atoms with E-state index in [1.165, 1.54) is 25.3 Å². The first-order valence-corrected chi connectivity index (χ1v) is 7.45. The number of aromatic hydroxyl groups is 1. The van der Waals surface area contributed by atoms with Crippen LogP contribution in [-0.2, 0) is 0 Å². The third kappa shape index (κ3) is 4.21. The fraction of sp³-hybridized carbons (Fsp3) is 0.500. The Balaban J connectivity index is 1.80. The third-order valence-electron chi connectivity index (χ3n) is 3.37. The van der Waals surface area contributed by atoms with Gasteiger partial charge in [-0.15, -0.1) is 0 Å². The van der Waals surface area contributed by atoms with E-state index in [9.17, 15) is 9.90 Å². The number of amides is 1. The molecule has 1 fully saturated rings. The second-order valence-corrected chi connectivity index (χ2v) is 5.74. The van der Waals surface area contributed by atoms with Crippen LogP contribution < -0.4 is 5.32 Å². The van der Waals surface area contributed by atoms with E-state index in [-0.39, 0.29) is 11.7 Å². The van der Waals surface area contributed by atoms with E-state index in [2.05, 4.69) is 26.1 Å². The van der Waals surface area contributed by atoms with Crippen molar-refractivity contribution in [2.75, 3.05) is 26.2 Å². The Morgan fingerprint density at radius 3 is 2.74 bits per heavy atom. The normalized spacial score (nSPS) is 16.3. The Kier molecular flexibility index (Phi) is 5.22. The molecule has 0 radical (unpaired) electrons. The highest BCUT2D eigenvalue weighted by molar-refractivity contribution is 9.10. The molecule has 4 nitrogen and oxygen atoms in total. The Hall–Kier alpha value is -1.07. The molecule has 0 bridgehead atoms. The first kappa shape index (κ1) is 14.3. The lowest BCUT2D eigenvalue weighted by Gasteiger charge is -2.26. The quantitative estimate of drug-likeness (QED) is 0.893. The topological polar surface area (TPSA) is 52.6 Å². The number of phenolic OH excluding ortho intramolecular Hbond substituents is 1. The molecule has 0 atom stereocenters. The second kappa shape index (κ2) is 6.91. The molecule has 0 saturated carbocycles. The van der Waals surface area contributed by atoms with Gasteiger partial charge in [0.2, 0.25) is 0 Å². The van der Waals surface area contributed by atoms with Crippen LogP contribution in [0.5, 0.6) is 5.75 Å². The Morgan fingerprint density at radius 1 is 1.32 bits per heavy atom. The third-order valence-corrected chi connectivity index (χ3v) is 3.86. The largest absolute Gasteiger partial charge is 0.507 e. The Bertz CT molecular complexity index is 445. The van der Waals surface area contributed by atoms with Gasteiger partial charge in [-0.3, -0.25) is 4.79 Å². The van der Waals surface area contributed by atoms with Crippen LogP contribution in [0.15, 0.2) is 22.7 Å². The van der Waals surface area contributed by atoms with Crippen LogP contribution >= 0.6 is 15.9 Å². The van der Waals surface area contributed by atoms with Crippen LogP contribution in [0, 0.1) is 0 Å². The maximum absolute atomic E-state index is 11.9. The average Bonchev–Trinajstić information content (AvgIpc) is 2.39. The fourth-order valence-electron chi connectivity index (χ4n) is 2.30. The SMILES string of the molecule is O=C(NCCN1CCCCC1)c1ccc(Br)cc1O. The molecule has 1 aromatic carbocycles. The van der Waals surface area contributed by atoms with E-state index in [0.29, 0.717) is 12.1 Å². The number of nitrogens with zero attached hydrogens (tertiary/aromatic N) is 1. The molecular weight excluding hydrogens is 308 g/mol. The van der Waals surface area contributed by atoms with Crippen molar-refractivity contribution in [3.63, 3.8) is 0 Å². The number of hydrogen-bond donors (Lipinski definition) is 2. The van der Waals surface area contributed by atoms with E-state index < -0.39 is 0 Å². The van der Waals surface area contributed by atoms with Crippen LogP contribution in [-0.4, -0.2) is 42.1 Å². The van der Waals surface area contributed by atoms with Crippen molar-refractivity contribution in [3.8, 4) is 5.75 Å². The molecule has 2 N–H and O–H groups in total. The number of piperidine rings is 1. The number of carbonyl (C=O) groups excluding carboxylic acids is 1. The summed E-state index contributed by atoms with van der Waals surface area (Å²) in [5.41, 5.74) is 0.321. The predicted molar refractivity (Wildman–Crippen MR) is 78.4 cm³/mol. The highest BCUT2D eigenvalue weighted by Gasteiger charge is 2.13. The zero-order valence-corrected chi connectivity index (χ0v) is 12.4. The summed E-state index contributed by atoms with van der Waals surface area (Å²) < 4.78 is 0.759. The number of rotatable bonds is 4. The van der Waals surface area contributed by atoms with Crippen LogP contribution in [0.1, 0.15) is 29.6 Å². The van der Waals surface area contributed by atoms with Gasteiger partial charge in [-0.2, -0.15) is 0 Å². The molecule has 1 aliphatic heterocycles. The number of benzene rings is 1. The summed E-state index contributed by atoms with van der Waals surface area (Å²) in [5, 5.41) is 12.6. The zero-order valence-electron chi connectivity index (χ0n) is 10.9. The number of nitrogens with one attached hydrogen (secondary N) is 1. The van der Waals surface area contributed by atoms with Crippen LogP contribution in [0.4, 0.5) is 0 Å². The first-order chi connectivity index (χ1) is 9.16. The zero-order chi connectivity index (χ0) is 13.7. The minimum Gasteiger partial charge on any atom is -0.507 e. The number of likely N-dealkylation sites (tertiary alicyclic amines) is 1. The number of hydrogen-bond acceptors (Lipinski definition) is 3. The smallest absolute Gasteiger partial charge is 0.255 e. The van der Waals surface area contributed by atoms with Gasteiger partial charge in [0.05, 0.1) is 5.56 Å². The van der Waals surface area contributed by atoms with Crippen molar-refractivity contribution in [2.45, 2.75) is 19.3 Å². The lowest BCUT2D eigenvalue weighted by Crippen LogP contribution is -2.37. The minimum atomic E-state index is -0.220. The molecule has 19 heavy (non-hydrogen) atoms. The lowest BCUT2D eigenvalue weighted by molar-refractivity contribution is 0.0944. The van der Waals surface area contributed by atoms with Crippen molar-refractivity contribution in [1.82, 2.24) is 10.2 Å². The molecule has 0 aromatic heterocycles. The van der Waals surface area contributed by atoms with E-state index in [1.54, 1.807) is 12.1 Å². The lowest BCUT2D eigenvalue weighted by atomic mass is 10.1.